The van der Waals surface area contributed by atoms with Gasteiger partial charge in [0.2, 0.25) is 0 Å². The number of methoxy groups -OCH3 is 2. The monoisotopic (exact) mass is 385 g/mol. The van der Waals surface area contributed by atoms with Crippen molar-refractivity contribution in [2.45, 2.75) is 6.92 Å². The van der Waals surface area contributed by atoms with Gasteiger partial charge in [-0.2, -0.15) is 0 Å². The Labute approximate surface area is 160 Å². The van der Waals surface area contributed by atoms with Crippen LogP contribution in [0.4, 0.5) is 5.69 Å². The molecule has 0 fully saturated rings. The second-order valence-corrected chi connectivity index (χ2v) is 6.63. The van der Waals surface area contributed by atoms with E-state index < -0.39 is 5.97 Å². The lowest BCUT2D eigenvalue weighted by Gasteiger charge is -2.08. The molecule has 0 atom stereocenters. The molecule has 0 unspecified atom stereocenters. The first kappa shape index (κ1) is 18.7. The third-order valence-corrected chi connectivity index (χ3v) is 5.02. The van der Waals surface area contributed by atoms with E-state index in [1.54, 1.807) is 43.5 Å². The van der Waals surface area contributed by atoms with E-state index in [0.29, 0.717) is 34.2 Å². The van der Waals surface area contributed by atoms with Gasteiger partial charge in [0, 0.05) is 21.3 Å². The SMILES string of the molecule is CCOc1c(C(=O)OC)sc2ccc(NC(=O)c3cccc(OC)c3)cc12. The standard InChI is InChI=1S/C20H19NO5S/c1-4-26-17-15-11-13(8-9-16(15)27-18(17)20(23)25-3)21-19(22)12-6-5-7-14(10-12)24-2/h5-11H,4H2,1-3H3,(H,21,22). The summed E-state index contributed by atoms with van der Waals surface area (Å²) in [6.45, 7) is 2.26. The van der Waals surface area contributed by atoms with Crippen LogP contribution in [0.2, 0.25) is 0 Å². The molecule has 140 valence electrons. The third-order valence-electron chi connectivity index (χ3n) is 3.89. The van der Waals surface area contributed by atoms with Crippen LogP contribution < -0.4 is 14.8 Å². The molecule has 1 amide bonds. The fraction of sp³-hybridized carbons (Fsp3) is 0.200. The van der Waals surface area contributed by atoms with E-state index in [1.165, 1.54) is 18.4 Å². The minimum Gasteiger partial charge on any atom is -0.497 e. The van der Waals surface area contributed by atoms with Gasteiger partial charge in [0.1, 0.15) is 5.75 Å². The van der Waals surface area contributed by atoms with Gasteiger partial charge in [0.05, 0.1) is 20.8 Å². The Balaban J connectivity index is 1.94. The highest BCUT2D eigenvalue weighted by atomic mass is 32.1. The Kier molecular flexibility index (Phi) is 5.61. The van der Waals surface area contributed by atoms with E-state index in [2.05, 4.69) is 5.32 Å². The van der Waals surface area contributed by atoms with Crippen molar-refractivity contribution in [3.05, 3.63) is 52.9 Å². The van der Waals surface area contributed by atoms with Crippen LogP contribution in [0, 0.1) is 0 Å². The van der Waals surface area contributed by atoms with Crippen molar-refractivity contribution in [3.63, 3.8) is 0 Å². The molecule has 0 aliphatic rings. The molecule has 0 aliphatic carbocycles. The highest BCUT2D eigenvalue weighted by molar-refractivity contribution is 7.21. The second kappa shape index (κ2) is 8.09. The van der Waals surface area contributed by atoms with Crippen molar-refractivity contribution in [1.82, 2.24) is 0 Å². The Hall–Kier alpha value is -3.06. The number of benzene rings is 2. The third kappa shape index (κ3) is 3.88. The van der Waals surface area contributed by atoms with Gasteiger partial charge in [-0.05, 0) is 43.3 Å². The van der Waals surface area contributed by atoms with Crippen LogP contribution in [-0.4, -0.2) is 32.7 Å². The van der Waals surface area contributed by atoms with Crippen molar-refractivity contribution in [2.24, 2.45) is 0 Å². The predicted molar refractivity (Wildman–Crippen MR) is 105 cm³/mol. The van der Waals surface area contributed by atoms with E-state index in [1.807, 2.05) is 13.0 Å². The molecule has 3 rings (SSSR count). The number of hydrogen-bond donors (Lipinski definition) is 1. The Bertz CT molecular complexity index is 995. The molecule has 0 aliphatic heterocycles. The number of amides is 1. The number of thiophene rings is 1. The maximum Gasteiger partial charge on any atom is 0.351 e. The van der Waals surface area contributed by atoms with Gasteiger partial charge in [-0.15, -0.1) is 11.3 Å². The lowest BCUT2D eigenvalue weighted by Crippen LogP contribution is -2.11. The summed E-state index contributed by atoms with van der Waals surface area (Å²) in [5.41, 5.74) is 1.09. The van der Waals surface area contributed by atoms with Gasteiger partial charge < -0.3 is 19.5 Å². The molecule has 3 aromatic rings. The van der Waals surface area contributed by atoms with Crippen LogP contribution >= 0.6 is 11.3 Å². The maximum absolute atomic E-state index is 12.5. The van der Waals surface area contributed by atoms with E-state index in [0.717, 1.165) is 10.1 Å². The van der Waals surface area contributed by atoms with Crippen LogP contribution in [-0.2, 0) is 4.74 Å². The fourth-order valence-corrected chi connectivity index (χ4v) is 3.68. The molecule has 7 heteroatoms. The summed E-state index contributed by atoms with van der Waals surface area (Å²) in [7, 11) is 2.89. The number of carbonyl (C=O) groups excluding carboxylic acids is 2. The van der Waals surface area contributed by atoms with Crippen LogP contribution in [0.5, 0.6) is 11.5 Å². The van der Waals surface area contributed by atoms with E-state index >= 15 is 0 Å². The predicted octanol–water partition coefficient (Wildman–Crippen LogP) is 4.35. The number of fused-ring (bicyclic) bond motifs is 1. The minimum atomic E-state index is -0.443. The van der Waals surface area contributed by atoms with Gasteiger partial charge in [-0.3, -0.25) is 4.79 Å². The zero-order valence-electron chi connectivity index (χ0n) is 15.2. The molecule has 1 aromatic heterocycles. The van der Waals surface area contributed by atoms with Crippen molar-refractivity contribution in [2.75, 3.05) is 26.1 Å². The zero-order chi connectivity index (χ0) is 19.4. The van der Waals surface area contributed by atoms with Gasteiger partial charge in [-0.1, -0.05) is 6.07 Å². The number of nitrogens with one attached hydrogen (secondary N) is 1. The number of carbonyl (C=O) groups is 2. The molecular weight excluding hydrogens is 366 g/mol. The van der Waals surface area contributed by atoms with Gasteiger partial charge in [-0.25, -0.2) is 4.79 Å². The molecular formula is C20H19NO5S. The molecule has 27 heavy (non-hydrogen) atoms. The highest BCUT2D eigenvalue weighted by Gasteiger charge is 2.21. The molecule has 0 spiro atoms. The molecule has 0 saturated heterocycles. The van der Waals surface area contributed by atoms with E-state index in [9.17, 15) is 9.59 Å². The average molecular weight is 385 g/mol. The summed E-state index contributed by atoms with van der Waals surface area (Å²) in [5, 5.41) is 3.62. The topological polar surface area (TPSA) is 73.9 Å². The summed E-state index contributed by atoms with van der Waals surface area (Å²) >= 11 is 1.30. The smallest absolute Gasteiger partial charge is 0.351 e. The molecule has 2 aromatic carbocycles. The normalized spacial score (nSPS) is 10.5. The van der Waals surface area contributed by atoms with Gasteiger partial charge in [0.25, 0.3) is 5.91 Å². The van der Waals surface area contributed by atoms with Gasteiger partial charge in [0.15, 0.2) is 10.6 Å². The molecule has 6 nitrogen and oxygen atoms in total. The fourth-order valence-electron chi connectivity index (χ4n) is 2.64. The molecule has 1 N–H and O–H groups in total. The summed E-state index contributed by atoms with van der Waals surface area (Å²) < 4.78 is 16.5. The Morgan fingerprint density at radius 2 is 1.93 bits per heavy atom. The van der Waals surface area contributed by atoms with E-state index in [4.69, 9.17) is 14.2 Å². The Morgan fingerprint density at radius 3 is 2.63 bits per heavy atom. The van der Waals surface area contributed by atoms with Crippen molar-refractivity contribution >= 4 is 39.0 Å². The number of ether oxygens (including phenoxy) is 3. The highest BCUT2D eigenvalue weighted by Crippen LogP contribution is 2.39. The minimum absolute atomic E-state index is 0.255. The molecule has 0 saturated carbocycles. The van der Waals surface area contributed by atoms with Gasteiger partial charge >= 0.3 is 5.97 Å². The first-order valence-corrected chi connectivity index (χ1v) is 9.12. The molecule has 1 heterocycles. The first-order valence-electron chi connectivity index (χ1n) is 8.30. The van der Waals surface area contributed by atoms with Crippen LogP contribution in [0.15, 0.2) is 42.5 Å². The maximum atomic E-state index is 12.5. The van der Waals surface area contributed by atoms with Crippen LogP contribution in [0.1, 0.15) is 27.0 Å². The summed E-state index contributed by atoms with van der Waals surface area (Å²) in [4.78, 5) is 24.9. The number of rotatable bonds is 6. The van der Waals surface area contributed by atoms with Crippen LogP contribution in [0.3, 0.4) is 0 Å². The molecule has 0 bridgehead atoms. The summed E-state index contributed by atoms with van der Waals surface area (Å²) in [6, 6.07) is 12.3. The second-order valence-electron chi connectivity index (χ2n) is 5.58. The molecule has 0 radical (unpaired) electrons. The zero-order valence-corrected chi connectivity index (χ0v) is 16.0. The van der Waals surface area contributed by atoms with Crippen molar-refractivity contribution in [3.8, 4) is 11.5 Å². The van der Waals surface area contributed by atoms with E-state index in [-0.39, 0.29) is 5.91 Å². The average Bonchev–Trinajstić information content (AvgIpc) is 3.05. The lowest BCUT2D eigenvalue weighted by atomic mass is 10.1. The lowest BCUT2D eigenvalue weighted by molar-refractivity contribution is 0.0602. The summed E-state index contributed by atoms with van der Waals surface area (Å²) in [6.07, 6.45) is 0. The van der Waals surface area contributed by atoms with Crippen LogP contribution in [0.25, 0.3) is 10.1 Å². The Morgan fingerprint density at radius 1 is 1.11 bits per heavy atom. The number of esters is 1. The van der Waals surface area contributed by atoms with Crippen molar-refractivity contribution in [1.29, 1.82) is 0 Å². The summed E-state index contributed by atoms with van der Waals surface area (Å²) in [5.74, 6) is 0.385. The largest absolute Gasteiger partial charge is 0.497 e. The van der Waals surface area contributed by atoms with Crippen molar-refractivity contribution < 1.29 is 23.8 Å². The quantitative estimate of drug-likeness (QED) is 0.639. The number of anilines is 1. The number of hydrogen-bond acceptors (Lipinski definition) is 6. The first-order chi connectivity index (χ1) is 13.1.